The van der Waals surface area contributed by atoms with Gasteiger partial charge in [0.1, 0.15) is 0 Å². The summed E-state index contributed by atoms with van der Waals surface area (Å²) in [7, 11) is -2.17. The molecule has 0 aliphatic rings. The van der Waals surface area contributed by atoms with E-state index < -0.39 is 10.0 Å². The summed E-state index contributed by atoms with van der Waals surface area (Å²) in [6.45, 7) is 0. The lowest BCUT2D eigenvalue weighted by Gasteiger charge is -1.94. The van der Waals surface area contributed by atoms with Crippen molar-refractivity contribution < 1.29 is 8.42 Å². The van der Waals surface area contributed by atoms with Crippen molar-refractivity contribution in [1.82, 2.24) is 0 Å². The Balaban J connectivity index is 4.56. The molecule has 0 saturated carbocycles. The number of aliphatic imine (C=N–C) groups is 1. The van der Waals surface area contributed by atoms with Gasteiger partial charge in [0, 0.05) is 7.05 Å². The third-order valence-electron chi connectivity index (χ3n) is 0.601. The zero-order valence-electron chi connectivity index (χ0n) is 5.16. The zero-order chi connectivity index (χ0) is 7.49. The second-order valence-corrected chi connectivity index (χ2v) is 3.77. The van der Waals surface area contributed by atoms with Crippen LogP contribution in [0.25, 0.3) is 0 Å². The first-order valence-corrected chi connectivity index (χ1v) is 4.83. The van der Waals surface area contributed by atoms with Crippen LogP contribution in [0.4, 0.5) is 0 Å². The third kappa shape index (κ3) is 2.83. The van der Waals surface area contributed by atoms with Gasteiger partial charge in [-0.3, -0.25) is 4.99 Å². The van der Waals surface area contributed by atoms with E-state index in [1.165, 1.54) is 7.05 Å². The van der Waals surface area contributed by atoms with E-state index in [1.807, 2.05) is 0 Å². The van der Waals surface area contributed by atoms with Crippen LogP contribution in [0.5, 0.6) is 0 Å². The molecule has 4 nitrogen and oxygen atoms in total. The van der Waals surface area contributed by atoms with Crippen LogP contribution >= 0.6 is 11.8 Å². The third-order valence-corrected chi connectivity index (χ3v) is 3.00. The van der Waals surface area contributed by atoms with E-state index in [4.69, 9.17) is 5.14 Å². The summed E-state index contributed by atoms with van der Waals surface area (Å²) in [6.07, 6.45) is 1.60. The molecule has 0 spiro atoms. The summed E-state index contributed by atoms with van der Waals surface area (Å²) in [5.41, 5.74) is 0. The second-order valence-electron chi connectivity index (χ2n) is 1.24. The maximum atomic E-state index is 10.4. The predicted octanol–water partition coefficient (Wildman–Crippen LogP) is -0.376. The standard InChI is InChI=1S/C3H8N2O2S2/c1-5-3(8-2)9(4,6)7/h1-2H3,(H2,4,6,7). The molecule has 0 fully saturated rings. The van der Waals surface area contributed by atoms with Gasteiger partial charge in [-0.2, -0.15) is 0 Å². The smallest absolute Gasteiger partial charge is 0.261 e. The summed E-state index contributed by atoms with van der Waals surface area (Å²) in [4.78, 5) is 3.44. The maximum absolute atomic E-state index is 10.4. The zero-order valence-corrected chi connectivity index (χ0v) is 6.79. The Hall–Kier alpha value is -0.0700. The molecule has 0 aromatic rings. The minimum absolute atomic E-state index is 0.0394. The van der Waals surface area contributed by atoms with Gasteiger partial charge in [-0.25, -0.2) is 13.6 Å². The Bertz CT molecular complexity index is 206. The summed E-state index contributed by atoms with van der Waals surface area (Å²) in [6, 6.07) is 0. The first kappa shape index (κ1) is 8.93. The highest BCUT2D eigenvalue weighted by Gasteiger charge is 2.09. The van der Waals surface area contributed by atoms with Crippen molar-refractivity contribution in [2.75, 3.05) is 13.3 Å². The Morgan fingerprint density at radius 1 is 1.67 bits per heavy atom. The van der Waals surface area contributed by atoms with Crippen molar-refractivity contribution in [1.29, 1.82) is 0 Å². The average Bonchev–Trinajstić information content (AvgIpc) is 1.65. The van der Waals surface area contributed by atoms with Crippen LogP contribution in [0.15, 0.2) is 4.99 Å². The number of nitrogens with zero attached hydrogens (tertiary/aromatic N) is 1. The molecule has 2 N–H and O–H groups in total. The van der Waals surface area contributed by atoms with Gasteiger partial charge in [0.15, 0.2) is 4.38 Å². The van der Waals surface area contributed by atoms with E-state index in [2.05, 4.69) is 4.99 Å². The van der Waals surface area contributed by atoms with E-state index in [-0.39, 0.29) is 4.38 Å². The van der Waals surface area contributed by atoms with Crippen molar-refractivity contribution in [3.8, 4) is 0 Å². The van der Waals surface area contributed by atoms with Crippen LogP contribution in [-0.2, 0) is 10.0 Å². The van der Waals surface area contributed by atoms with E-state index >= 15 is 0 Å². The van der Waals surface area contributed by atoms with Gasteiger partial charge in [0.05, 0.1) is 0 Å². The molecule has 0 aromatic carbocycles. The molecule has 0 aliphatic heterocycles. The molecule has 54 valence electrons. The Morgan fingerprint density at radius 3 is 2.11 bits per heavy atom. The minimum atomic E-state index is -3.55. The lowest BCUT2D eigenvalue weighted by Crippen LogP contribution is -2.20. The Morgan fingerprint density at radius 2 is 2.11 bits per heavy atom. The Kier molecular flexibility index (Phi) is 3.16. The number of primary sulfonamides is 1. The van der Waals surface area contributed by atoms with Gasteiger partial charge in [0.2, 0.25) is 0 Å². The molecule has 9 heavy (non-hydrogen) atoms. The molecular weight excluding hydrogens is 160 g/mol. The number of sulfonamides is 1. The topological polar surface area (TPSA) is 72.5 Å². The maximum Gasteiger partial charge on any atom is 0.261 e. The highest BCUT2D eigenvalue weighted by Crippen LogP contribution is 2.01. The van der Waals surface area contributed by atoms with E-state index in [0.717, 1.165) is 11.8 Å². The van der Waals surface area contributed by atoms with Gasteiger partial charge in [-0.05, 0) is 6.26 Å². The molecule has 0 amide bonds. The molecule has 0 unspecified atom stereocenters. The average molecular weight is 168 g/mol. The normalized spacial score (nSPS) is 13.9. The van der Waals surface area contributed by atoms with E-state index in [0.29, 0.717) is 0 Å². The van der Waals surface area contributed by atoms with Crippen LogP contribution in [0.2, 0.25) is 0 Å². The van der Waals surface area contributed by atoms with Gasteiger partial charge in [0.25, 0.3) is 10.0 Å². The predicted molar refractivity (Wildman–Crippen MR) is 40.0 cm³/mol. The first-order valence-electron chi connectivity index (χ1n) is 2.06. The van der Waals surface area contributed by atoms with Gasteiger partial charge < -0.3 is 0 Å². The quantitative estimate of drug-likeness (QED) is 0.396. The summed E-state index contributed by atoms with van der Waals surface area (Å²) >= 11 is 1.01. The molecule has 0 aromatic heterocycles. The van der Waals surface area contributed by atoms with Crippen molar-refractivity contribution in [3.05, 3.63) is 0 Å². The van der Waals surface area contributed by atoms with Crippen molar-refractivity contribution in [2.45, 2.75) is 0 Å². The summed E-state index contributed by atoms with van der Waals surface area (Å²) in [5.74, 6) is 0. The van der Waals surface area contributed by atoms with Crippen LogP contribution in [0.1, 0.15) is 0 Å². The van der Waals surface area contributed by atoms with E-state index in [1.54, 1.807) is 6.26 Å². The van der Waals surface area contributed by atoms with Gasteiger partial charge in [-0.15, -0.1) is 0 Å². The number of nitrogens with two attached hydrogens (primary N) is 1. The minimum Gasteiger partial charge on any atom is -0.270 e. The first-order chi connectivity index (χ1) is 4.02. The number of rotatable bonds is 0. The highest BCUT2D eigenvalue weighted by atomic mass is 32.3. The van der Waals surface area contributed by atoms with Gasteiger partial charge >= 0.3 is 0 Å². The molecule has 0 aliphatic carbocycles. The molecule has 0 atom stereocenters. The fraction of sp³-hybridized carbons (Fsp3) is 0.667. The molecule has 0 heterocycles. The second kappa shape index (κ2) is 3.19. The number of hydrogen-bond acceptors (Lipinski definition) is 4. The lowest BCUT2D eigenvalue weighted by molar-refractivity contribution is 0.609. The van der Waals surface area contributed by atoms with Crippen LogP contribution < -0.4 is 5.14 Å². The largest absolute Gasteiger partial charge is 0.270 e. The van der Waals surface area contributed by atoms with Crippen LogP contribution in [-0.4, -0.2) is 26.1 Å². The SMILES string of the molecule is CN=C(SC)S(N)(=O)=O. The monoisotopic (exact) mass is 168 g/mol. The van der Waals surface area contributed by atoms with Crippen molar-refractivity contribution >= 4 is 26.2 Å². The van der Waals surface area contributed by atoms with Crippen molar-refractivity contribution in [2.24, 2.45) is 10.1 Å². The lowest BCUT2D eigenvalue weighted by atomic mass is 11.4. The summed E-state index contributed by atoms with van der Waals surface area (Å²) in [5, 5.41) is 4.72. The molecule has 0 radical (unpaired) electrons. The molecular formula is C3H8N2O2S2. The molecule has 0 rings (SSSR count). The highest BCUT2D eigenvalue weighted by molar-refractivity contribution is 8.34. The fourth-order valence-corrected chi connectivity index (χ4v) is 1.70. The van der Waals surface area contributed by atoms with Gasteiger partial charge in [-0.1, -0.05) is 11.8 Å². The molecule has 6 heteroatoms. The fourth-order valence-electron chi connectivity index (χ4n) is 0.335. The van der Waals surface area contributed by atoms with E-state index in [9.17, 15) is 8.42 Å². The summed E-state index contributed by atoms with van der Waals surface area (Å²) < 4.78 is 20.8. The van der Waals surface area contributed by atoms with Crippen LogP contribution in [0, 0.1) is 0 Å². The van der Waals surface area contributed by atoms with Crippen LogP contribution in [0.3, 0.4) is 0 Å². The Labute approximate surface area is 58.6 Å². The molecule has 0 bridgehead atoms. The molecule has 0 saturated heterocycles. The van der Waals surface area contributed by atoms with Crippen molar-refractivity contribution in [3.63, 3.8) is 0 Å². The number of hydrogen-bond donors (Lipinski definition) is 1. The number of thioether (sulfide) groups is 1.